The summed E-state index contributed by atoms with van der Waals surface area (Å²) in [6.07, 6.45) is 2.31. The van der Waals surface area contributed by atoms with Crippen LogP contribution in [0.3, 0.4) is 0 Å². The fraction of sp³-hybridized carbons (Fsp3) is 0.571. The second-order valence-corrected chi connectivity index (χ2v) is 4.66. The quantitative estimate of drug-likeness (QED) is 0.749. The Hall–Kier alpha value is -0.730. The second kappa shape index (κ2) is 7.57. The Labute approximate surface area is 109 Å². The van der Waals surface area contributed by atoms with Gasteiger partial charge in [-0.2, -0.15) is 0 Å². The van der Waals surface area contributed by atoms with E-state index in [-0.39, 0.29) is 0 Å². The molecule has 0 aliphatic carbocycles. The van der Waals surface area contributed by atoms with Crippen molar-refractivity contribution in [3.05, 3.63) is 28.8 Å². The molecule has 17 heavy (non-hydrogen) atoms. The van der Waals surface area contributed by atoms with Crippen LogP contribution in [0.2, 0.25) is 5.02 Å². The predicted octanol–water partition coefficient (Wildman–Crippen LogP) is 3.81. The standard InChI is InChI=1S/C14H22ClNO/c1-4-12(5-2)16-8-9-17-14-10-11(3)6-7-13(14)15/h6-7,10,12,16H,4-5,8-9H2,1-3H3. The highest BCUT2D eigenvalue weighted by Gasteiger charge is 2.03. The normalized spacial score (nSPS) is 10.9. The zero-order chi connectivity index (χ0) is 12.7. The fourth-order valence-corrected chi connectivity index (χ4v) is 1.89. The van der Waals surface area contributed by atoms with Crippen LogP contribution >= 0.6 is 11.6 Å². The molecule has 3 heteroatoms. The summed E-state index contributed by atoms with van der Waals surface area (Å²) in [5, 5.41) is 4.13. The molecule has 1 N–H and O–H groups in total. The van der Waals surface area contributed by atoms with Crippen LogP contribution < -0.4 is 10.1 Å². The van der Waals surface area contributed by atoms with Crippen LogP contribution in [0.15, 0.2) is 18.2 Å². The van der Waals surface area contributed by atoms with Gasteiger partial charge in [-0.3, -0.25) is 0 Å². The Morgan fingerprint density at radius 1 is 1.29 bits per heavy atom. The van der Waals surface area contributed by atoms with Crippen molar-refractivity contribution in [2.24, 2.45) is 0 Å². The average Bonchev–Trinajstić information content (AvgIpc) is 2.33. The summed E-state index contributed by atoms with van der Waals surface area (Å²) < 4.78 is 5.66. The highest BCUT2D eigenvalue weighted by Crippen LogP contribution is 2.24. The molecule has 0 bridgehead atoms. The number of nitrogens with one attached hydrogen (secondary N) is 1. The summed E-state index contributed by atoms with van der Waals surface area (Å²) in [6.45, 7) is 7.93. The first-order valence-electron chi connectivity index (χ1n) is 6.29. The molecule has 0 aliphatic heterocycles. The van der Waals surface area contributed by atoms with Crippen LogP contribution in [0.4, 0.5) is 0 Å². The van der Waals surface area contributed by atoms with Crippen LogP contribution in [-0.2, 0) is 0 Å². The second-order valence-electron chi connectivity index (χ2n) is 4.25. The van der Waals surface area contributed by atoms with Crippen molar-refractivity contribution in [3.63, 3.8) is 0 Å². The van der Waals surface area contributed by atoms with Crippen molar-refractivity contribution in [2.75, 3.05) is 13.2 Å². The summed E-state index contributed by atoms with van der Waals surface area (Å²) in [7, 11) is 0. The summed E-state index contributed by atoms with van der Waals surface area (Å²) in [5.74, 6) is 0.776. The van der Waals surface area contributed by atoms with Crippen LogP contribution in [0.1, 0.15) is 32.3 Å². The predicted molar refractivity (Wildman–Crippen MR) is 74.1 cm³/mol. The van der Waals surface area contributed by atoms with E-state index >= 15 is 0 Å². The minimum atomic E-state index is 0.589. The van der Waals surface area contributed by atoms with Crippen molar-refractivity contribution in [2.45, 2.75) is 39.7 Å². The lowest BCUT2D eigenvalue weighted by atomic mass is 10.2. The maximum Gasteiger partial charge on any atom is 0.138 e. The van der Waals surface area contributed by atoms with Gasteiger partial charge >= 0.3 is 0 Å². The molecule has 0 radical (unpaired) electrons. The summed E-state index contributed by atoms with van der Waals surface area (Å²) in [6, 6.07) is 6.42. The summed E-state index contributed by atoms with van der Waals surface area (Å²) in [4.78, 5) is 0. The van der Waals surface area contributed by atoms with Crippen molar-refractivity contribution >= 4 is 11.6 Å². The van der Waals surface area contributed by atoms with Gasteiger partial charge in [-0.05, 0) is 37.5 Å². The lowest BCUT2D eigenvalue weighted by molar-refractivity contribution is 0.302. The van der Waals surface area contributed by atoms with Gasteiger partial charge in [0.15, 0.2) is 0 Å². The molecular formula is C14H22ClNO. The van der Waals surface area contributed by atoms with Crippen LogP contribution in [0.25, 0.3) is 0 Å². The van der Waals surface area contributed by atoms with Gasteiger partial charge in [0.05, 0.1) is 5.02 Å². The van der Waals surface area contributed by atoms with Crippen LogP contribution in [-0.4, -0.2) is 19.2 Å². The number of aryl methyl sites for hydroxylation is 1. The Balaban J connectivity index is 2.33. The lowest BCUT2D eigenvalue weighted by Gasteiger charge is -2.15. The molecule has 0 amide bonds. The maximum atomic E-state index is 6.05. The van der Waals surface area contributed by atoms with E-state index in [2.05, 4.69) is 19.2 Å². The third-order valence-corrected chi connectivity index (χ3v) is 3.18. The molecular weight excluding hydrogens is 234 g/mol. The van der Waals surface area contributed by atoms with Gasteiger partial charge in [0.1, 0.15) is 12.4 Å². The van der Waals surface area contributed by atoms with E-state index in [1.165, 1.54) is 0 Å². The largest absolute Gasteiger partial charge is 0.491 e. The molecule has 0 atom stereocenters. The van der Waals surface area contributed by atoms with Crippen molar-refractivity contribution < 1.29 is 4.74 Å². The van der Waals surface area contributed by atoms with E-state index in [0.717, 1.165) is 30.7 Å². The molecule has 0 saturated carbocycles. The molecule has 96 valence electrons. The molecule has 0 aromatic heterocycles. The first-order valence-corrected chi connectivity index (χ1v) is 6.67. The molecule has 1 aromatic rings. The van der Waals surface area contributed by atoms with Gasteiger partial charge < -0.3 is 10.1 Å². The smallest absolute Gasteiger partial charge is 0.138 e. The molecule has 0 unspecified atom stereocenters. The summed E-state index contributed by atoms with van der Waals surface area (Å²) >= 11 is 6.05. The molecule has 2 nitrogen and oxygen atoms in total. The van der Waals surface area contributed by atoms with Gasteiger partial charge in [0, 0.05) is 12.6 Å². The van der Waals surface area contributed by atoms with Crippen molar-refractivity contribution in [3.8, 4) is 5.75 Å². The first kappa shape index (κ1) is 14.3. The van der Waals surface area contributed by atoms with Gasteiger partial charge in [0.2, 0.25) is 0 Å². The Morgan fingerprint density at radius 2 is 2.00 bits per heavy atom. The van der Waals surface area contributed by atoms with Gasteiger partial charge in [-0.15, -0.1) is 0 Å². The summed E-state index contributed by atoms with van der Waals surface area (Å²) in [5.41, 5.74) is 1.16. The minimum Gasteiger partial charge on any atom is -0.491 e. The maximum absolute atomic E-state index is 6.05. The SMILES string of the molecule is CCC(CC)NCCOc1cc(C)ccc1Cl. The molecule has 0 spiro atoms. The fourth-order valence-electron chi connectivity index (χ4n) is 1.72. The monoisotopic (exact) mass is 255 g/mol. The van der Waals surface area contributed by atoms with Gasteiger partial charge in [-0.1, -0.05) is 31.5 Å². The lowest BCUT2D eigenvalue weighted by Crippen LogP contribution is -2.31. The Bertz CT molecular complexity index is 337. The molecule has 0 aliphatic rings. The van der Waals surface area contributed by atoms with Crippen molar-refractivity contribution in [1.29, 1.82) is 0 Å². The van der Waals surface area contributed by atoms with Gasteiger partial charge in [-0.25, -0.2) is 0 Å². The minimum absolute atomic E-state index is 0.589. The number of benzene rings is 1. The number of hydrogen-bond donors (Lipinski definition) is 1. The highest BCUT2D eigenvalue weighted by atomic mass is 35.5. The van der Waals surface area contributed by atoms with E-state index in [0.29, 0.717) is 17.7 Å². The van der Waals surface area contributed by atoms with E-state index in [9.17, 15) is 0 Å². The van der Waals surface area contributed by atoms with E-state index in [1.807, 2.05) is 25.1 Å². The van der Waals surface area contributed by atoms with Crippen molar-refractivity contribution in [1.82, 2.24) is 5.32 Å². The molecule has 1 rings (SSSR count). The van der Waals surface area contributed by atoms with E-state index in [4.69, 9.17) is 16.3 Å². The number of rotatable bonds is 7. The molecule has 0 fully saturated rings. The number of hydrogen-bond acceptors (Lipinski definition) is 2. The molecule has 0 heterocycles. The highest BCUT2D eigenvalue weighted by molar-refractivity contribution is 6.32. The third-order valence-electron chi connectivity index (χ3n) is 2.86. The Morgan fingerprint density at radius 3 is 2.65 bits per heavy atom. The number of ether oxygens (including phenoxy) is 1. The molecule has 0 saturated heterocycles. The number of halogens is 1. The zero-order valence-electron chi connectivity index (χ0n) is 10.9. The van der Waals surface area contributed by atoms with Gasteiger partial charge in [0.25, 0.3) is 0 Å². The first-order chi connectivity index (χ1) is 8.17. The third kappa shape index (κ3) is 4.97. The topological polar surface area (TPSA) is 21.3 Å². The van der Waals surface area contributed by atoms with Crippen LogP contribution in [0.5, 0.6) is 5.75 Å². The average molecular weight is 256 g/mol. The zero-order valence-corrected chi connectivity index (χ0v) is 11.7. The van der Waals surface area contributed by atoms with Crippen LogP contribution in [0, 0.1) is 6.92 Å². The van der Waals surface area contributed by atoms with E-state index < -0.39 is 0 Å². The molecule has 1 aromatic carbocycles. The Kier molecular flexibility index (Phi) is 6.38. The van der Waals surface area contributed by atoms with E-state index in [1.54, 1.807) is 0 Å².